The number of nitrogen functional groups attached to an aromatic ring is 1. The van der Waals surface area contributed by atoms with Gasteiger partial charge in [-0.25, -0.2) is 0 Å². The van der Waals surface area contributed by atoms with Crippen molar-refractivity contribution in [2.75, 3.05) is 11.5 Å². The molecule has 0 amide bonds. The van der Waals surface area contributed by atoms with Crippen molar-refractivity contribution in [3.63, 3.8) is 0 Å². The van der Waals surface area contributed by atoms with Crippen LogP contribution in [0.5, 0.6) is 0 Å². The van der Waals surface area contributed by atoms with Crippen LogP contribution >= 0.6 is 11.8 Å². The second-order valence-electron chi connectivity index (χ2n) is 3.08. The van der Waals surface area contributed by atoms with E-state index in [0.717, 1.165) is 23.4 Å². The molecule has 0 aliphatic carbocycles. The van der Waals surface area contributed by atoms with E-state index in [9.17, 15) is 0 Å². The molecule has 0 fully saturated rings. The van der Waals surface area contributed by atoms with Gasteiger partial charge in [0.2, 0.25) is 0 Å². The Morgan fingerprint density at radius 2 is 2.29 bits per heavy atom. The van der Waals surface area contributed by atoms with Gasteiger partial charge in [0.25, 0.3) is 0 Å². The molecule has 14 heavy (non-hydrogen) atoms. The minimum atomic E-state index is 0.633. The van der Waals surface area contributed by atoms with Crippen LogP contribution in [0, 0.1) is 18.3 Å². The highest BCUT2D eigenvalue weighted by molar-refractivity contribution is 7.99. The number of rotatable bonds is 4. The fraction of sp³-hybridized carbons (Fsp3) is 0.364. The lowest BCUT2D eigenvalue weighted by molar-refractivity contribution is 0.980. The summed E-state index contributed by atoms with van der Waals surface area (Å²) < 4.78 is 0. The number of thioether (sulfide) groups is 1. The molecule has 0 atom stereocenters. The average molecular weight is 206 g/mol. The fourth-order valence-electron chi connectivity index (χ4n) is 1.12. The standard InChI is InChI=1S/C11H14N2S/c1-9-10(13)5-4-6-11(9)14-8-3-2-7-12/h4-6H,2-3,8,13H2,1H3. The first-order chi connectivity index (χ1) is 6.75. The minimum Gasteiger partial charge on any atom is -0.398 e. The van der Waals surface area contributed by atoms with Crippen LogP contribution in [0.15, 0.2) is 23.1 Å². The van der Waals surface area contributed by atoms with Gasteiger partial charge in [0, 0.05) is 17.0 Å². The zero-order valence-electron chi connectivity index (χ0n) is 8.29. The molecule has 0 saturated heterocycles. The molecule has 0 bridgehead atoms. The van der Waals surface area contributed by atoms with E-state index < -0.39 is 0 Å². The molecule has 0 aliphatic heterocycles. The molecular weight excluding hydrogens is 192 g/mol. The highest BCUT2D eigenvalue weighted by atomic mass is 32.2. The zero-order valence-corrected chi connectivity index (χ0v) is 9.10. The molecule has 74 valence electrons. The molecule has 0 spiro atoms. The van der Waals surface area contributed by atoms with E-state index in [4.69, 9.17) is 11.0 Å². The van der Waals surface area contributed by atoms with Crippen molar-refractivity contribution in [3.8, 4) is 6.07 Å². The van der Waals surface area contributed by atoms with E-state index >= 15 is 0 Å². The Bertz CT molecular complexity index is 342. The molecule has 0 unspecified atom stereocenters. The molecule has 1 aromatic rings. The molecule has 0 aliphatic rings. The SMILES string of the molecule is Cc1c(N)cccc1SCCCC#N. The lowest BCUT2D eigenvalue weighted by Crippen LogP contribution is -1.91. The molecule has 0 aromatic heterocycles. The van der Waals surface area contributed by atoms with Gasteiger partial charge in [-0.1, -0.05) is 6.07 Å². The average Bonchev–Trinajstić information content (AvgIpc) is 2.19. The van der Waals surface area contributed by atoms with Gasteiger partial charge in [-0.05, 0) is 36.8 Å². The third-order valence-corrected chi connectivity index (χ3v) is 3.26. The normalized spacial score (nSPS) is 9.71. The maximum Gasteiger partial charge on any atom is 0.0622 e. The van der Waals surface area contributed by atoms with E-state index in [2.05, 4.69) is 12.1 Å². The van der Waals surface area contributed by atoms with Gasteiger partial charge in [-0.2, -0.15) is 5.26 Å². The first-order valence-corrected chi connectivity index (χ1v) is 5.59. The summed E-state index contributed by atoms with van der Waals surface area (Å²) in [5, 5.41) is 8.38. The molecule has 0 saturated carbocycles. The summed E-state index contributed by atoms with van der Waals surface area (Å²) in [4.78, 5) is 1.22. The minimum absolute atomic E-state index is 0.633. The molecule has 1 aromatic carbocycles. The maximum absolute atomic E-state index is 8.38. The number of hydrogen-bond acceptors (Lipinski definition) is 3. The first kappa shape index (κ1) is 10.9. The predicted octanol–water partition coefficient (Wildman–Crippen LogP) is 2.97. The van der Waals surface area contributed by atoms with Crippen LogP contribution in [0.1, 0.15) is 18.4 Å². The van der Waals surface area contributed by atoms with Crippen LogP contribution in [-0.4, -0.2) is 5.75 Å². The van der Waals surface area contributed by atoms with Crippen LogP contribution in [-0.2, 0) is 0 Å². The second-order valence-corrected chi connectivity index (χ2v) is 4.22. The Labute approximate surface area is 89.1 Å². The van der Waals surface area contributed by atoms with Crippen LogP contribution in [0.4, 0.5) is 5.69 Å². The van der Waals surface area contributed by atoms with Gasteiger partial charge in [-0.15, -0.1) is 11.8 Å². The zero-order chi connectivity index (χ0) is 10.4. The molecule has 2 nitrogen and oxygen atoms in total. The number of hydrogen-bond donors (Lipinski definition) is 1. The van der Waals surface area contributed by atoms with E-state index in [-0.39, 0.29) is 0 Å². The Hall–Kier alpha value is -1.14. The van der Waals surface area contributed by atoms with E-state index in [1.165, 1.54) is 4.90 Å². The van der Waals surface area contributed by atoms with E-state index in [0.29, 0.717) is 6.42 Å². The van der Waals surface area contributed by atoms with Crippen molar-refractivity contribution < 1.29 is 0 Å². The van der Waals surface area contributed by atoms with Crippen molar-refractivity contribution in [1.29, 1.82) is 5.26 Å². The molecule has 2 N–H and O–H groups in total. The topological polar surface area (TPSA) is 49.8 Å². The molecule has 1 rings (SSSR count). The van der Waals surface area contributed by atoms with Crippen LogP contribution in [0.3, 0.4) is 0 Å². The number of nitrogens with zero attached hydrogens (tertiary/aromatic N) is 1. The van der Waals surface area contributed by atoms with E-state index in [1.807, 2.05) is 19.1 Å². The fourth-order valence-corrected chi connectivity index (χ4v) is 2.14. The lowest BCUT2D eigenvalue weighted by Gasteiger charge is -2.06. The van der Waals surface area contributed by atoms with Crippen molar-refractivity contribution >= 4 is 17.4 Å². The second kappa shape index (κ2) is 5.56. The summed E-state index contributed by atoms with van der Waals surface area (Å²) >= 11 is 1.77. The van der Waals surface area contributed by atoms with Crippen LogP contribution < -0.4 is 5.73 Å². The number of nitriles is 1. The third kappa shape index (κ3) is 2.97. The number of anilines is 1. The van der Waals surface area contributed by atoms with Gasteiger partial charge in [0.05, 0.1) is 6.07 Å². The van der Waals surface area contributed by atoms with Crippen LogP contribution in [0.25, 0.3) is 0 Å². The van der Waals surface area contributed by atoms with Crippen molar-refractivity contribution in [1.82, 2.24) is 0 Å². The Morgan fingerprint density at radius 1 is 1.50 bits per heavy atom. The third-order valence-electron chi connectivity index (χ3n) is 2.02. The number of benzene rings is 1. The summed E-state index contributed by atoms with van der Waals surface area (Å²) in [7, 11) is 0. The van der Waals surface area contributed by atoms with Crippen molar-refractivity contribution in [2.45, 2.75) is 24.7 Å². The summed E-state index contributed by atoms with van der Waals surface area (Å²) in [6.45, 7) is 2.03. The van der Waals surface area contributed by atoms with E-state index in [1.54, 1.807) is 11.8 Å². The van der Waals surface area contributed by atoms with Crippen LogP contribution in [0.2, 0.25) is 0 Å². The van der Waals surface area contributed by atoms with Gasteiger partial charge in [-0.3, -0.25) is 0 Å². The van der Waals surface area contributed by atoms with Crippen molar-refractivity contribution in [2.24, 2.45) is 0 Å². The quantitative estimate of drug-likeness (QED) is 0.468. The Balaban J connectivity index is 2.51. The van der Waals surface area contributed by atoms with Gasteiger partial charge in [0.15, 0.2) is 0 Å². The van der Waals surface area contributed by atoms with Crippen molar-refractivity contribution in [3.05, 3.63) is 23.8 Å². The van der Waals surface area contributed by atoms with Gasteiger partial charge >= 0.3 is 0 Å². The summed E-state index contributed by atoms with van der Waals surface area (Å²) in [5.74, 6) is 0.984. The Morgan fingerprint density at radius 3 is 3.00 bits per heavy atom. The predicted molar refractivity (Wildman–Crippen MR) is 61.2 cm³/mol. The summed E-state index contributed by atoms with van der Waals surface area (Å²) in [5.41, 5.74) is 7.78. The number of unbranched alkanes of at least 4 members (excludes halogenated alkanes) is 1. The molecule has 0 radical (unpaired) electrons. The first-order valence-electron chi connectivity index (χ1n) is 4.60. The summed E-state index contributed by atoms with van der Waals surface area (Å²) in [6, 6.07) is 8.09. The largest absolute Gasteiger partial charge is 0.398 e. The maximum atomic E-state index is 8.38. The smallest absolute Gasteiger partial charge is 0.0622 e. The molecule has 0 heterocycles. The van der Waals surface area contributed by atoms with Gasteiger partial charge < -0.3 is 5.73 Å². The highest BCUT2D eigenvalue weighted by Gasteiger charge is 2.00. The number of nitrogens with two attached hydrogens (primary N) is 1. The summed E-state index contributed by atoms with van der Waals surface area (Å²) in [6.07, 6.45) is 1.57. The lowest BCUT2D eigenvalue weighted by atomic mass is 10.2. The Kier molecular flexibility index (Phi) is 4.34. The monoisotopic (exact) mass is 206 g/mol. The molecule has 3 heteroatoms. The molecular formula is C11H14N2S. The van der Waals surface area contributed by atoms with Gasteiger partial charge in [0.1, 0.15) is 0 Å². The highest BCUT2D eigenvalue weighted by Crippen LogP contribution is 2.26.